The van der Waals surface area contributed by atoms with Gasteiger partial charge in [-0.2, -0.15) is 0 Å². The van der Waals surface area contributed by atoms with Gasteiger partial charge >= 0.3 is 0 Å². The molecule has 1 fully saturated rings. The Morgan fingerprint density at radius 2 is 1.96 bits per heavy atom. The Morgan fingerprint density at radius 1 is 1.19 bits per heavy atom. The van der Waals surface area contributed by atoms with Crippen LogP contribution < -0.4 is 15.6 Å². The Balaban J connectivity index is 1.74. The molecule has 1 saturated heterocycles. The lowest BCUT2D eigenvalue weighted by Gasteiger charge is -2.32. The topological polar surface area (TPSA) is 61.6 Å². The van der Waals surface area contributed by atoms with Gasteiger partial charge in [-0.15, -0.1) is 0 Å². The smallest absolute Gasteiger partial charge is 0.200 e. The number of piperazine rings is 1. The van der Waals surface area contributed by atoms with E-state index < -0.39 is 5.82 Å². The summed E-state index contributed by atoms with van der Waals surface area (Å²) >= 11 is 5.84. The van der Waals surface area contributed by atoms with Crippen LogP contribution in [0.25, 0.3) is 11.0 Å². The highest BCUT2D eigenvalue weighted by atomic mass is 35.5. The molecule has 1 aliphatic heterocycles. The SMILES string of the molecule is CN1CCN(c2cc(=O)c3ccnc(Nc4ccc(F)c(Cl)c4)c3o2)CC1. The van der Waals surface area contributed by atoms with E-state index >= 15 is 0 Å². The molecule has 0 unspecified atom stereocenters. The lowest BCUT2D eigenvalue weighted by molar-refractivity contribution is 0.306. The highest BCUT2D eigenvalue weighted by molar-refractivity contribution is 6.31. The molecule has 4 rings (SSSR count). The molecule has 0 aliphatic carbocycles. The summed E-state index contributed by atoms with van der Waals surface area (Å²) in [6, 6.07) is 7.41. The molecule has 2 aromatic heterocycles. The molecule has 3 heterocycles. The van der Waals surface area contributed by atoms with Crippen LogP contribution in [0.5, 0.6) is 0 Å². The molecule has 6 nitrogen and oxygen atoms in total. The van der Waals surface area contributed by atoms with Crippen LogP contribution in [0.1, 0.15) is 0 Å². The summed E-state index contributed by atoms with van der Waals surface area (Å²) in [4.78, 5) is 21.1. The lowest BCUT2D eigenvalue weighted by Crippen LogP contribution is -2.44. The molecule has 140 valence electrons. The Hall–Kier alpha value is -2.64. The zero-order chi connectivity index (χ0) is 19.0. The van der Waals surface area contributed by atoms with Crippen molar-refractivity contribution in [1.82, 2.24) is 9.88 Å². The Labute approximate surface area is 160 Å². The predicted octanol–water partition coefficient (Wildman–Crippen LogP) is 3.48. The lowest BCUT2D eigenvalue weighted by atomic mass is 10.2. The van der Waals surface area contributed by atoms with Crippen molar-refractivity contribution < 1.29 is 8.81 Å². The fourth-order valence-electron chi connectivity index (χ4n) is 3.05. The summed E-state index contributed by atoms with van der Waals surface area (Å²) in [7, 11) is 2.06. The zero-order valence-electron chi connectivity index (χ0n) is 14.7. The van der Waals surface area contributed by atoms with E-state index in [9.17, 15) is 9.18 Å². The van der Waals surface area contributed by atoms with Gasteiger partial charge < -0.3 is 19.5 Å². The first-order valence-corrected chi connectivity index (χ1v) is 8.97. The number of nitrogens with zero attached hydrogens (tertiary/aromatic N) is 3. The van der Waals surface area contributed by atoms with Crippen molar-refractivity contribution in [3.63, 3.8) is 0 Å². The molecule has 1 N–H and O–H groups in total. The molecular formula is C19H18ClFN4O2. The van der Waals surface area contributed by atoms with Gasteiger partial charge in [0.15, 0.2) is 22.7 Å². The van der Waals surface area contributed by atoms with E-state index in [1.54, 1.807) is 12.1 Å². The second-order valence-electron chi connectivity index (χ2n) is 6.53. The van der Waals surface area contributed by atoms with Gasteiger partial charge in [-0.05, 0) is 31.3 Å². The number of fused-ring (bicyclic) bond motifs is 1. The third-order valence-electron chi connectivity index (χ3n) is 4.63. The average molecular weight is 389 g/mol. The van der Waals surface area contributed by atoms with Crippen LogP contribution in [0.4, 0.5) is 21.8 Å². The maximum Gasteiger partial charge on any atom is 0.200 e. The molecule has 0 bridgehead atoms. The first-order valence-electron chi connectivity index (χ1n) is 8.60. The van der Waals surface area contributed by atoms with Crippen molar-refractivity contribution in [2.75, 3.05) is 43.4 Å². The van der Waals surface area contributed by atoms with E-state index in [0.717, 1.165) is 26.2 Å². The molecule has 8 heteroatoms. The fraction of sp³-hybridized carbons (Fsp3) is 0.263. The van der Waals surface area contributed by atoms with Crippen LogP contribution in [0.3, 0.4) is 0 Å². The first-order chi connectivity index (χ1) is 13.0. The van der Waals surface area contributed by atoms with Crippen molar-refractivity contribution in [3.8, 4) is 0 Å². The zero-order valence-corrected chi connectivity index (χ0v) is 15.5. The van der Waals surface area contributed by atoms with E-state index in [0.29, 0.717) is 28.4 Å². The fourth-order valence-corrected chi connectivity index (χ4v) is 3.23. The average Bonchev–Trinajstić information content (AvgIpc) is 2.66. The van der Waals surface area contributed by atoms with Crippen molar-refractivity contribution in [3.05, 3.63) is 57.6 Å². The number of hydrogen-bond donors (Lipinski definition) is 1. The van der Waals surface area contributed by atoms with Gasteiger partial charge in [-0.25, -0.2) is 9.37 Å². The molecular weight excluding hydrogens is 371 g/mol. The summed E-state index contributed by atoms with van der Waals surface area (Å²) in [5.41, 5.74) is 0.779. The summed E-state index contributed by atoms with van der Waals surface area (Å²) in [6.45, 7) is 3.35. The van der Waals surface area contributed by atoms with Gasteiger partial charge in [0.25, 0.3) is 0 Å². The van der Waals surface area contributed by atoms with Crippen LogP contribution in [0.2, 0.25) is 5.02 Å². The van der Waals surface area contributed by atoms with Crippen LogP contribution >= 0.6 is 11.6 Å². The van der Waals surface area contributed by atoms with Gasteiger partial charge in [0.2, 0.25) is 0 Å². The van der Waals surface area contributed by atoms with Gasteiger partial charge in [-0.3, -0.25) is 4.79 Å². The van der Waals surface area contributed by atoms with E-state index in [1.807, 2.05) is 4.90 Å². The van der Waals surface area contributed by atoms with E-state index in [2.05, 4.69) is 22.2 Å². The van der Waals surface area contributed by atoms with Crippen molar-refractivity contribution in [1.29, 1.82) is 0 Å². The maximum absolute atomic E-state index is 13.4. The van der Waals surface area contributed by atoms with Gasteiger partial charge in [0.1, 0.15) is 5.82 Å². The minimum absolute atomic E-state index is 0.000171. The molecule has 0 amide bonds. The summed E-state index contributed by atoms with van der Waals surface area (Å²) in [6.07, 6.45) is 1.53. The van der Waals surface area contributed by atoms with Crippen LogP contribution in [0.15, 0.2) is 45.7 Å². The molecule has 0 atom stereocenters. The Morgan fingerprint density at radius 3 is 2.70 bits per heavy atom. The molecule has 0 radical (unpaired) electrons. The Bertz CT molecular complexity index is 1050. The first kappa shape index (κ1) is 17.8. The third kappa shape index (κ3) is 3.61. The second-order valence-corrected chi connectivity index (χ2v) is 6.94. The number of hydrogen-bond acceptors (Lipinski definition) is 6. The highest BCUT2D eigenvalue weighted by Gasteiger charge is 2.19. The minimum Gasteiger partial charge on any atom is -0.436 e. The number of aromatic nitrogens is 1. The van der Waals surface area contributed by atoms with Crippen molar-refractivity contribution in [2.24, 2.45) is 0 Å². The van der Waals surface area contributed by atoms with Crippen LogP contribution in [-0.4, -0.2) is 43.1 Å². The van der Waals surface area contributed by atoms with Gasteiger partial charge in [0, 0.05) is 44.1 Å². The minimum atomic E-state index is -0.503. The standard InChI is InChI=1S/C19H18ClFN4O2/c1-24-6-8-25(9-7-24)17-11-16(26)13-4-5-22-19(18(13)27-17)23-12-2-3-15(21)14(20)10-12/h2-5,10-11H,6-9H2,1H3,(H,22,23). The number of likely N-dealkylation sites (N-methyl/N-ethyl adjacent to an activating group) is 1. The molecule has 0 spiro atoms. The third-order valence-corrected chi connectivity index (χ3v) is 4.92. The second kappa shape index (κ2) is 7.17. The van der Waals surface area contributed by atoms with Gasteiger partial charge in [0.05, 0.1) is 10.4 Å². The monoisotopic (exact) mass is 388 g/mol. The summed E-state index contributed by atoms with van der Waals surface area (Å²) in [5, 5.41) is 3.49. The molecule has 27 heavy (non-hydrogen) atoms. The Kier molecular flexibility index (Phi) is 4.72. The number of halogens is 2. The predicted molar refractivity (Wildman–Crippen MR) is 105 cm³/mol. The quantitative estimate of drug-likeness (QED) is 0.741. The van der Waals surface area contributed by atoms with Crippen molar-refractivity contribution >= 4 is 40.0 Å². The molecule has 0 saturated carbocycles. The van der Waals surface area contributed by atoms with E-state index in [1.165, 1.54) is 24.4 Å². The number of nitrogens with one attached hydrogen (secondary N) is 1. The number of pyridine rings is 1. The number of anilines is 3. The van der Waals surface area contributed by atoms with Gasteiger partial charge in [-0.1, -0.05) is 11.6 Å². The maximum atomic E-state index is 13.4. The van der Waals surface area contributed by atoms with E-state index in [4.69, 9.17) is 16.0 Å². The van der Waals surface area contributed by atoms with Crippen LogP contribution in [0, 0.1) is 5.82 Å². The largest absolute Gasteiger partial charge is 0.436 e. The normalized spacial score (nSPS) is 15.3. The summed E-state index contributed by atoms with van der Waals surface area (Å²) < 4.78 is 19.4. The molecule has 1 aromatic carbocycles. The number of rotatable bonds is 3. The highest BCUT2D eigenvalue weighted by Crippen LogP contribution is 2.28. The van der Waals surface area contributed by atoms with Crippen LogP contribution in [-0.2, 0) is 0 Å². The van der Waals surface area contributed by atoms with Crippen molar-refractivity contribution in [2.45, 2.75) is 0 Å². The summed E-state index contributed by atoms with van der Waals surface area (Å²) in [5.74, 6) is 0.397. The molecule has 1 aliphatic rings. The van der Waals surface area contributed by atoms with E-state index in [-0.39, 0.29) is 10.5 Å². The number of benzene rings is 1. The molecule has 3 aromatic rings.